The van der Waals surface area contributed by atoms with Gasteiger partial charge in [-0.05, 0) is 55.2 Å². The summed E-state index contributed by atoms with van der Waals surface area (Å²) in [6.45, 7) is 2.79. The summed E-state index contributed by atoms with van der Waals surface area (Å²) < 4.78 is 38.9. The Kier molecular flexibility index (Phi) is 7.05. The fraction of sp³-hybridized carbons (Fsp3) is 0.304. The van der Waals surface area contributed by atoms with Crippen molar-refractivity contribution >= 4 is 29.5 Å². The summed E-state index contributed by atoms with van der Waals surface area (Å²) in [4.78, 5) is 26.5. The van der Waals surface area contributed by atoms with Crippen molar-refractivity contribution < 1.29 is 22.8 Å². The molecule has 2 amide bonds. The maximum absolute atomic E-state index is 13.0. The fourth-order valence-electron chi connectivity index (χ4n) is 3.47. The van der Waals surface area contributed by atoms with Gasteiger partial charge in [-0.3, -0.25) is 9.59 Å². The highest BCUT2D eigenvalue weighted by atomic mass is 35.5. The first kappa shape index (κ1) is 22.9. The molecule has 1 fully saturated rings. The van der Waals surface area contributed by atoms with Gasteiger partial charge in [0.15, 0.2) is 0 Å². The first-order valence-corrected chi connectivity index (χ1v) is 10.2. The lowest BCUT2D eigenvalue weighted by Crippen LogP contribution is -2.46. The van der Waals surface area contributed by atoms with Crippen LogP contribution in [-0.4, -0.2) is 35.8 Å². The number of hydrogen-bond donors (Lipinski definition) is 1. The Balaban J connectivity index is 1.55. The highest BCUT2D eigenvalue weighted by molar-refractivity contribution is 6.31. The number of likely N-dealkylation sites (tertiary alicyclic amines) is 1. The second-order valence-corrected chi connectivity index (χ2v) is 7.87. The van der Waals surface area contributed by atoms with Gasteiger partial charge in [0.1, 0.15) is 0 Å². The summed E-state index contributed by atoms with van der Waals surface area (Å²) in [7, 11) is 0. The van der Waals surface area contributed by atoms with E-state index in [1.54, 1.807) is 11.0 Å². The van der Waals surface area contributed by atoms with Crippen molar-refractivity contribution in [3.63, 3.8) is 0 Å². The third-order valence-electron chi connectivity index (χ3n) is 5.25. The lowest BCUT2D eigenvalue weighted by molar-refractivity contribution is -0.137. The minimum absolute atomic E-state index is 0.0363. The van der Waals surface area contributed by atoms with Gasteiger partial charge in [-0.25, -0.2) is 0 Å². The highest BCUT2D eigenvalue weighted by Crippen LogP contribution is 2.35. The molecule has 1 saturated heterocycles. The summed E-state index contributed by atoms with van der Waals surface area (Å²) in [5.74, 6) is -0.418. The highest BCUT2D eigenvalue weighted by Gasteiger charge is 2.33. The molecule has 2 aromatic carbocycles. The second-order valence-electron chi connectivity index (χ2n) is 7.46. The Morgan fingerprint density at radius 2 is 1.81 bits per heavy atom. The number of benzene rings is 2. The molecule has 0 radical (unpaired) electrons. The van der Waals surface area contributed by atoms with Crippen molar-refractivity contribution in [1.29, 1.82) is 0 Å². The van der Waals surface area contributed by atoms with Gasteiger partial charge in [0.2, 0.25) is 5.91 Å². The van der Waals surface area contributed by atoms with Crippen LogP contribution in [0, 0.1) is 6.92 Å². The number of carbonyl (C=O) groups is 2. The number of nitrogens with one attached hydrogen (secondary N) is 1. The van der Waals surface area contributed by atoms with Gasteiger partial charge in [-0.15, -0.1) is 0 Å². The number of halogens is 4. The summed E-state index contributed by atoms with van der Waals surface area (Å²) in [6, 6.07) is 10.8. The van der Waals surface area contributed by atoms with Gasteiger partial charge in [-0.1, -0.05) is 35.9 Å². The predicted molar refractivity (Wildman–Crippen MR) is 114 cm³/mol. The number of alkyl halides is 3. The van der Waals surface area contributed by atoms with E-state index in [0.29, 0.717) is 31.5 Å². The van der Waals surface area contributed by atoms with Crippen molar-refractivity contribution in [3.8, 4) is 0 Å². The van der Waals surface area contributed by atoms with E-state index < -0.39 is 11.7 Å². The van der Waals surface area contributed by atoms with E-state index in [-0.39, 0.29) is 28.4 Å². The molecular weight excluding hydrogens is 429 g/mol. The molecule has 0 saturated carbocycles. The molecule has 1 N–H and O–H groups in total. The number of hydrogen-bond acceptors (Lipinski definition) is 2. The van der Waals surface area contributed by atoms with Crippen LogP contribution in [-0.2, 0) is 11.0 Å². The van der Waals surface area contributed by atoms with Crippen LogP contribution in [0.15, 0.2) is 48.5 Å². The van der Waals surface area contributed by atoms with Crippen LogP contribution in [0.4, 0.5) is 13.2 Å². The number of piperidine rings is 1. The Morgan fingerprint density at radius 3 is 2.45 bits per heavy atom. The molecule has 2 aromatic rings. The molecule has 0 aliphatic carbocycles. The van der Waals surface area contributed by atoms with Gasteiger partial charge in [0.25, 0.3) is 5.91 Å². The van der Waals surface area contributed by atoms with E-state index in [1.807, 2.05) is 25.1 Å². The summed E-state index contributed by atoms with van der Waals surface area (Å²) in [5.41, 5.74) is 0.832. The molecule has 3 rings (SSSR count). The molecule has 1 aliphatic heterocycles. The maximum Gasteiger partial charge on any atom is 0.417 e. The van der Waals surface area contributed by atoms with E-state index in [9.17, 15) is 22.8 Å². The topological polar surface area (TPSA) is 49.4 Å². The van der Waals surface area contributed by atoms with Crippen LogP contribution in [0.25, 0.3) is 6.08 Å². The van der Waals surface area contributed by atoms with Gasteiger partial charge in [0, 0.05) is 30.8 Å². The number of nitrogens with zero attached hydrogens (tertiary/aromatic N) is 1. The lowest BCUT2D eigenvalue weighted by Gasteiger charge is -2.31. The van der Waals surface area contributed by atoms with Crippen molar-refractivity contribution in [2.75, 3.05) is 13.1 Å². The smallest absolute Gasteiger partial charge is 0.349 e. The maximum atomic E-state index is 13.0. The Labute approximate surface area is 183 Å². The molecule has 1 aliphatic rings. The summed E-state index contributed by atoms with van der Waals surface area (Å²) >= 11 is 5.61. The molecule has 0 unspecified atom stereocenters. The molecule has 31 heavy (non-hydrogen) atoms. The fourth-order valence-corrected chi connectivity index (χ4v) is 3.70. The molecule has 0 bridgehead atoms. The first-order chi connectivity index (χ1) is 14.6. The zero-order valence-corrected chi connectivity index (χ0v) is 17.6. The average Bonchev–Trinajstić information content (AvgIpc) is 2.73. The molecule has 0 spiro atoms. The van der Waals surface area contributed by atoms with Crippen molar-refractivity contribution in [3.05, 3.63) is 75.8 Å². The minimum atomic E-state index is -4.56. The summed E-state index contributed by atoms with van der Waals surface area (Å²) in [6.07, 6.45) is -0.738. The van der Waals surface area contributed by atoms with Crippen LogP contribution >= 0.6 is 11.6 Å². The van der Waals surface area contributed by atoms with Crippen LogP contribution in [0.3, 0.4) is 0 Å². The Bertz CT molecular complexity index is 997. The zero-order valence-electron chi connectivity index (χ0n) is 16.9. The largest absolute Gasteiger partial charge is 0.417 e. The van der Waals surface area contributed by atoms with E-state index in [4.69, 9.17) is 11.6 Å². The van der Waals surface area contributed by atoms with E-state index in [1.165, 1.54) is 18.2 Å². The molecule has 0 atom stereocenters. The molecule has 8 heteroatoms. The van der Waals surface area contributed by atoms with Crippen molar-refractivity contribution in [2.45, 2.75) is 32.0 Å². The Morgan fingerprint density at radius 1 is 1.13 bits per heavy atom. The predicted octanol–water partition coefficient (Wildman–Crippen LogP) is 5.10. The third-order valence-corrected chi connectivity index (χ3v) is 5.58. The average molecular weight is 451 g/mol. The van der Waals surface area contributed by atoms with Gasteiger partial charge in [-0.2, -0.15) is 13.2 Å². The lowest BCUT2D eigenvalue weighted by atomic mass is 10.0. The summed E-state index contributed by atoms with van der Waals surface area (Å²) in [5, 5.41) is 2.62. The monoisotopic (exact) mass is 450 g/mol. The van der Waals surface area contributed by atoms with Crippen LogP contribution < -0.4 is 5.32 Å². The molecule has 0 aromatic heterocycles. The normalized spacial score (nSPS) is 15.3. The number of aryl methyl sites for hydroxylation is 1. The quantitative estimate of drug-likeness (QED) is 0.659. The van der Waals surface area contributed by atoms with E-state index in [2.05, 4.69) is 5.32 Å². The van der Waals surface area contributed by atoms with Gasteiger partial charge >= 0.3 is 6.18 Å². The van der Waals surface area contributed by atoms with Crippen LogP contribution in [0.2, 0.25) is 5.02 Å². The van der Waals surface area contributed by atoms with Crippen molar-refractivity contribution in [1.82, 2.24) is 10.2 Å². The van der Waals surface area contributed by atoms with E-state index in [0.717, 1.165) is 17.7 Å². The van der Waals surface area contributed by atoms with Gasteiger partial charge < -0.3 is 10.2 Å². The van der Waals surface area contributed by atoms with Gasteiger partial charge in [0.05, 0.1) is 10.6 Å². The van der Waals surface area contributed by atoms with E-state index >= 15 is 0 Å². The van der Waals surface area contributed by atoms with Crippen molar-refractivity contribution in [2.24, 2.45) is 0 Å². The standard InChI is InChI=1S/C23H22ClF3N2O2/c1-15-4-2-3-5-18(15)22(31)28-17-10-12-29(13-11-17)21(30)9-7-16-6-8-20(24)19(14-16)23(25,26)27/h2-9,14,17H,10-13H2,1H3,(H,28,31)/b9-7+. The molecule has 4 nitrogen and oxygen atoms in total. The Hall–Kier alpha value is -2.80. The number of amides is 2. The second kappa shape index (κ2) is 9.56. The third kappa shape index (κ3) is 5.88. The van der Waals surface area contributed by atoms with Crippen LogP contribution in [0.1, 0.15) is 39.9 Å². The minimum Gasteiger partial charge on any atom is -0.349 e. The molecule has 164 valence electrons. The first-order valence-electron chi connectivity index (χ1n) is 9.85. The SMILES string of the molecule is Cc1ccccc1C(=O)NC1CCN(C(=O)/C=C/c2ccc(Cl)c(C(F)(F)F)c2)CC1. The number of rotatable bonds is 4. The number of carbonyl (C=O) groups excluding carboxylic acids is 2. The zero-order chi connectivity index (χ0) is 22.6. The molecular formula is C23H22ClF3N2O2. The molecule has 1 heterocycles. The van der Waals surface area contributed by atoms with Crippen LogP contribution in [0.5, 0.6) is 0 Å².